The number of nitrogens with zero attached hydrogens (tertiary/aromatic N) is 2. The van der Waals surface area contributed by atoms with E-state index in [2.05, 4.69) is 202 Å². The molecule has 0 amide bonds. The van der Waals surface area contributed by atoms with Gasteiger partial charge in [0, 0.05) is 44.4 Å². The van der Waals surface area contributed by atoms with Crippen molar-refractivity contribution < 1.29 is 4.42 Å². The first kappa shape index (κ1) is 35.9. The second-order valence-electron chi connectivity index (χ2n) is 19.0. The molecule has 3 nitrogen and oxygen atoms in total. The minimum Gasteiger partial charge on any atom is -0.456 e. The van der Waals surface area contributed by atoms with Crippen LogP contribution in [0.15, 0.2) is 162 Å². The SMILES string of the molecule is CCCCc1ccc(N2c3cc4c(c5c3B(c3ccc6oc7ccccc7c6c32)N2c3ccccc3C(C)(C)c3cccc-5c32)-c2ccccc2C4(C)C)c(-c2ccccc2)c1. The third kappa shape index (κ3) is 4.57. The highest BCUT2D eigenvalue weighted by molar-refractivity contribution is 6.94. The highest BCUT2D eigenvalue weighted by Crippen LogP contribution is 2.61. The van der Waals surface area contributed by atoms with Crippen LogP contribution in [0.5, 0.6) is 0 Å². The standard InChI is InChI=1S/C58H47BN2O/c1-6-7-18-35-29-31-46(40(33-35)36-19-9-8-10-20-36)60-48-34-44-51(37-21-11-13-24-41(37)57(44,2)3)53-39-23-17-26-43-55(39)61(47-27-15-14-25-42(47)58(43,4)5)59(54(48)53)45-30-32-50-52(56(45)60)38-22-12-16-28-49(38)62-50/h8-17,19-34H,6-7,18H2,1-5H3. The molecule has 1 aliphatic carbocycles. The summed E-state index contributed by atoms with van der Waals surface area (Å²) in [7, 11) is 0. The van der Waals surface area contributed by atoms with Crippen molar-refractivity contribution in [2.75, 3.05) is 9.71 Å². The van der Waals surface area contributed by atoms with Crippen LogP contribution in [-0.4, -0.2) is 6.85 Å². The lowest BCUT2D eigenvalue weighted by Gasteiger charge is -2.51. The summed E-state index contributed by atoms with van der Waals surface area (Å²) in [5.74, 6) is 0. The van der Waals surface area contributed by atoms with Crippen LogP contribution in [-0.2, 0) is 17.3 Å². The normalized spacial score (nSPS) is 15.5. The van der Waals surface area contributed by atoms with Crippen LogP contribution in [0.25, 0.3) is 55.3 Å². The van der Waals surface area contributed by atoms with Gasteiger partial charge in [0.2, 0.25) is 0 Å². The number of fused-ring (bicyclic) bond motifs is 14. The van der Waals surface area contributed by atoms with Crippen molar-refractivity contribution in [1.29, 1.82) is 0 Å². The van der Waals surface area contributed by atoms with Crippen LogP contribution in [0.2, 0.25) is 0 Å². The van der Waals surface area contributed by atoms with Gasteiger partial charge >= 0.3 is 6.85 Å². The molecule has 13 rings (SSSR count). The minimum absolute atomic E-state index is 0.111. The Hall–Kier alpha value is -6.78. The quantitative estimate of drug-likeness (QED) is 0.162. The number of hydrogen-bond donors (Lipinski definition) is 0. The number of benzene rings is 8. The maximum Gasteiger partial charge on any atom is 0.333 e. The van der Waals surface area contributed by atoms with Crippen LogP contribution in [0.4, 0.5) is 28.4 Å². The van der Waals surface area contributed by atoms with E-state index in [9.17, 15) is 0 Å². The molecule has 9 aromatic rings. The molecule has 298 valence electrons. The Kier molecular flexibility index (Phi) is 7.33. The average molecular weight is 799 g/mol. The summed E-state index contributed by atoms with van der Waals surface area (Å²) in [5, 5.41) is 2.30. The maximum absolute atomic E-state index is 6.81. The molecule has 3 aliphatic heterocycles. The Morgan fingerprint density at radius 2 is 1.26 bits per heavy atom. The molecule has 0 bridgehead atoms. The molecule has 8 aromatic carbocycles. The molecule has 0 saturated carbocycles. The highest BCUT2D eigenvalue weighted by atomic mass is 16.3. The van der Waals surface area contributed by atoms with Gasteiger partial charge in [-0.25, -0.2) is 0 Å². The largest absolute Gasteiger partial charge is 0.456 e. The number of hydrogen-bond acceptors (Lipinski definition) is 3. The molecule has 0 unspecified atom stereocenters. The van der Waals surface area contributed by atoms with E-state index < -0.39 is 0 Å². The summed E-state index contributed by atoms with van der Waals surface area (Å²) >= 11 is 0. The molecule has 4 heteroatoms. The minimum atomic E-state index is -0.225. The zero-order valence-electron chi connectivity index (χ0n) is 36.0. The zero-order valence-corrected chi connectivity index (χ0v) is 36.0. The molecule has 0 radical (unpaired) electrons. The number of furan rings is 1. The lowest BCUT2D eigenvalue weighted by Crippen LogP contribution is -2.63. The third-order valence-corrected chi connectivity index (χ3v) is 15.0. The van der Waals surface area contributed by atoms with Gasteiger partial charge in [-0.15, -0.1) is 0 Å². The molecule has 0 N–H and O–H groups in total. The first-order valence-electron chi connectivity index (χ1n) is 22.5. The topological polar surface area (TPSA) is 19.6 Å². The van der Waals surface area contributed by atoms with E-state index >= 15 is 0 Å². The number of para-hydroxylation sites is 3. The van der Waals surface area contributed by atoms with E-state index in [0.717, 1.165) is 41.2 Å². The molecule has 0 fully saturated rings. The molecule has 62 heavy (non-hydrogen) atoms. The van der Waals surface area contributed by atoms with Crippen molar-refractivity contribution in [3.8, 4) is 33.4 Å². The summed E-state index contributed by atoms with van der Waals surface area (Å²) in [6.07, 6.45) is 3.37. The second kappa shape index (κ2) is 12.6. The van der Waals surface area contributed by atoms with E-state index in [1.54, 1.807) is 0 Å². The van der Waals surface area contributed by atoms with Crippen LogP contribution >= 0.6 is 0 Å². The summed E-state index contributed by atoms with van der Waals surface area (Å²) in [6.45, 7) is 11.9. The monoisotopic (exact) mass is 798 g/mol. The fourth-order valence-electron chi connectivity index (χ4n) is 12.1. The first-order valence-corrected chi connectivity index (χ1v) is 22.5. The van der Waals surface area contributed by atoms with Crippen molar-refractivity contribution in [2.45, 2.75) is 64.7 Å². The van der Waals surface area contributed by atoms with Gasteiger partial charge in [0.1, 0.15) is 11.2 Å². The second-order valence-corrected chi connectivity index (χ2v) is 19.0. The molecular formula is C58H47BN2O. The van der Waals surface area contributed by atoms with Crippen LogP contribution in [0, 0.1) is 0 Å². The zero-order chi connectivity index (χ0) is 41.6. The lowest BCUT2D eigenvalue weighted by molar-refractivity contribution is 0.634. The van der Waals surface area contributed by atoms with Gasteiger partial charge in [0.05, 0.1) is 16.8 Å². The van der Waals surface area contributed by atoms with Gasteiger partial charge in [0.15, 0.2) is 0 Å². The highest BCUT2D eigenvalue weighted by Gasteiger charge is 2.53. The molecule has 0 saturated heterocycles. The van der Waals surface area contributed by atoms with Crippen molar-refractivity contribution in [3.63, 3.8) is 0 Å². The fourth-order valence-corrected chi connectivity index (χ4v) is 12.1. The Bertz CT molecular complexity index is 3370. The smallest absolute Gasteiger partial charge is 0.333 e. The van der Waals surface area contributed by atoms with Gasteiger partial charge in [-0.2, -0.15) is 0 Å². The maximum atomic E-state index is 6.81. The molecule has 4 aliphatic rings. The van der Waals surface area contributed by atoms with Crippen LogP contribution in [0.1, 0.15) is 75.3 Å². The molecule has 4 heterocycles. The van der Waals surface area contributed by atoms with Crippen LogP contribution in [0.3, 0.4) is 0 Å². The van der Waals surface area contributed by atoms with Crippen molar-refractivity contribution in [3.05, 3.63) is 186 Å². The van der Waals surface area contributed by atoms with E-state index in [-0.39, 0.29) is 17.7 Å². The summed E-state index contributed by atoms with van der Waals surface area (Å²) < 4.78 is 6.81. The predicted octanol–water partition coefficient (Wildman–Crippen LogP) is 14.2. The summed E-state index contributed by atoms with van der Waals surface area (Å²) in [5.41, 5.74) is 25.0. The summed E-state index contributed by atoms with van der Waals surface area (Å²) in [6, 6.07) is 59.7. The summed E-state index contributed by atoms with van der Waals surface area (Å²) in [4.78, 5) is 5.39. The molecular weight excluding hydrogens is 751 g/mol. The number of anilines is 5. The number of unbranched alkanes of at least 4 members (excludes halogenated alkanes) is 1. The molecule has 0 atom stereocenters. The first-order chi connectivity index (χ1) is 30.3. The fraction of sp³-hybridized carbons (Fsp3) is 0.172. The van der Waals surface area contributed by atoms with Crippen LogP contribution < -0.4 is 20.6 Å². The average Bonchev–Trinajstić information content (AvgIpc) is 3.80. The predicted molar refractivity (Wildman–Crippen MR) is 261 cm³/mol. The number of rotatable bonds is 5. The third-order valence-electron chi connectivity index (χ3n) is 15.0. The number of aryl methyl sites for hydroxylation is 1. The molecule has 0 spiro atoms. The van der Waals surface area contributed by atoms with E-state index in [1.165, 1.54) is 101 Å². The van der Waals surface area contributed by atoms with Gasteiger partial charge in [0.25, 0.3) is 0 Å². The van der Waals surface area contributed by atoms with Crippen molar-refractivity contribution in [1.82, 2.24) is 0 Å². The Balaban J connectivity index is 1.25. The Labute approximate surface area is 364 Å². The Morgan fingerprint density at radius 1 is 0.532 bits per heavy atom. The van der Waals surface area contributed by atoms with E-state index in [0.29, 0.717) is 0 Å². The van der Waals surface area contributed by atoms with E-state index in [1.807, 2.05) is 0 Å². The molecule has 1 aromatic heterocycles. The Morgan fingerprint density at radius 3 is 2.11 bits per heavy atom. The van der Waals surface area contributed by atoms with Gasteiger partial charge in [-0.1, -0.05) is 162 Å². The lowest BCUT2D eigenvalue weighted by atomic mass is 9.42. The van der Waals surface area contributed by atoms with Gasteiger partial charge in [-0.3, -0.25) is 0 Å². The van der Waals surface area contributed by atoms with Gasteiger partial charge < -0.3 is 14.1 Å². The van der Waals surface area contributed by atoms with E-state index in [4.69, 9.17) is 4.42 Å². The van der Waals surface area contributed by atoms with Crippen molar-refractivity contribution in [2.24, 2.45) is 0 Å². The van der Waals surface area contributed by atoms with Gasteiger partial charge in [-0.05, 0) is 110 Å². The van der Waals surface area contributed by atoms with Crippen molar-refractivity contribution >= 4 is 68.1 Å².